The van der Waals surface area contributed by atoms with E-state index in [1.807, 2.05) is 5.38 Å². The van der Waals surface area contributed by atoms with Crippen molar-refractivity contribution in [2.45, 2.75) is 12.8 Å². The van der Waals surface area contributed by atoms with E-state index in [9.17, 15) is 4.79 Å². The minimum Gasteiger partial charge on any atom is -0.461 e. The normalized spacial score (nSPS) is 11.3. The second-order valence-electron chi connectivity index (χ2n) is 5.75. The lowest BCUT2D eigenvalue weighted by molar-refractivity contribution is 0.0521. The van der Waals surface area contributed by atoms with Crippen molar-refractivity contribution in [1.29, 1.82) is 0 Å². The molecule has 0 radical (unpaired) electrons. The van der Waals surface area contributed by atoms with Crippen LogP contribution in [0.3, 0.4) is 0 Å². The van der Waals surface area contributed by atoms with Crippen LogP contribution in [0.15, 0.2) is 28.1 Å². The molecule has 0 saturated heterocycles. The van der Waals surface area contributed by atoms with Crippen LogP contribution in [0, 0.1) is 0 Å². The van der Waals surface area contributed by atoms with E-state index >= 15 is 0 Å². The first-order valence-corrected chi connectivity index (χ1v) is 10.3. The van der Waals surface area contributed by atoms with Crippen molar-refractivity contribution in [3.63, 3.8) is 0 Å². The molecular formula is C18H12Cl3N3O3S. The van der Waals surface area contributed by atoms with Crippen LogP contribution >= 0.6 is 46.1 Å². The minimum absolute atomic E-state index is 0.116. The van der Waals surface area contributed by atoms with Crippen LogP contribution in [0.5, 0.6) is 0 Å². The zero-order valence-electron chi connectivity index (χ0n) is 14.4. The maximum atomic E-state index is 12.6. The van der Waals surface area contributed by atoms with Crippen molar-refractivity contribution in [3.05, 3.63) is 45.2 Å². The van der Waals surface area contributed by atoms with Crippen LogP contribution in [0.4, 0.5) is 0 Å². The first-order valence-electron chi connectivity index (χ1n) is 8.17. The number of thiophene rings is 1. The number of nitrogens with zero attached hydrogens (tertiary/aromatic N) is 2. The lowest BCUT2D eigenvalue weighted by atomic mass is 10.1. The molecule has 0 amide bonds. The van der Waals surface area contributed by atoms with Crippen molar-refractivity contribution in [2.24, 2.45) is 0 Å². The number of aromatic nitrogens is 3. The number of carbonyl (C=O) groups is 1. The maximum absolute atomic E-state index is 12.6. The molecule has 3 aromatic heterocycles. The number of fused-ring (bicyclic) bond motifs is 1. The van der Waals surface area contributed by atoms with E-state index in [4.69, 9.17) is 44.1 Å². The zero-order valence-corrected chi connectivity index (χ0v) is 17.5. The highest BCUT2D eigenvalue weighted by Crippen LogP contribution is 2.42. The van der Waals surface area contributed by atoms with Gasteiger partial charge in [-0.05, 0) is 30.7 Å². The second kappa shape index (κ2) is 7.75. The van der Waals surface area contributed by atoms with Gasteiger partial charge in [0, 0.05) is 21.0 Å². The number of nitrogens with one attached hydrogen (secondary N) is 1. The van der Waals surface area contributed by atoms with Gasteiger partial charge in [0.25, 0.3) is 0 Å². The molecule has 4 aromatic rings. The Bertz CT molecular complexity index is 1160. The van der Waals surface area contributed by atoms with Crippen LogP contribution in [0.2, 0.25) is 10.0 Å². The largest absolute Gasteiger partial charge is 0.461 e. The fourth-order valence-corrected chi connectivity index (χ4v) is 4.59. The van der Waals surface area contributed by atoms with Crippen molar-refractivity contribution in [1.82, 2.24) is 15.1 Å². The van der Waals surface area contributed by atoms with Gasteiger partial charge in [0.1, 0.15) is 11.6 Å². The summed E-state index contributed by atoms with van der Waals surface area (Å²) in [6.07, 6.45) is 0. The summed E-state index contributed by atoms with van der Waals surface area (Å²) >= 11 is 19.5. The molecule has 0 bridgehead atoms. The topological polar surface area (TPSA) is 81.0 Å². The van der Waals surface area contributed by atoms with Crippen molar-refractivity contribution < 1.29 is 14.1 Å². The van der Waals surface area contributed by atoms with Crippen LogP contribution in [0.25, 0.3) is 32.7 Å². The van der Waals surface area contributed by atoms with E-state index in [0.29, 0.717) is 49.7 Å². The summed E-state index contributed by atoms with van der Waals surface area (Å²) < 4.78 is 11.1. The Morgan fingerprint density at radius 1 is 1.29 bits per heavy atom. The van der Waals surface area contributed by atoms with Gasteiger partial charge in [-0.2, -0.15) is 4.98 Å². The highest BCUT2D eigenvalue weighted by molar-refractivity contribution is 7.18. The number of ether oxygens (including phenoxy) is 1. The first kappa shape index (κ1) is 19.3. The molecule has 0 unspecified atom stereocenters. The van der Waals surface area contributed by atoms with Gasteiger partial charge >= 0.3 is 5.97 Å². The summed E-state index contributed by atoms with van der Waals surface area (Å²) in [6.45, 7) is 2.00. The number of esters is 1. The Morgan fingerprint density at radius 3 is 2.68 bits per heavy atom. The summed E-state index contributed by atoms with van der Waals surface area (Å²) in [6, 6.07) is 5.13. The van der Waals surface area contributed by atoms with E-state index < -0.39 is 5.97 Å². The third-order valence-corrected chi connectivity index (χ3v) is 5.63. The van der Waals surface area contributed by atoms with Gasteiger partial charge in [0.05, 0.1) is 22.4 Å². The summed E-state index contributed by atoms with van der Waals surface area (Å²) in [5, 5.41) is 6.77. The number of H-pyrrole nitrogens is 1. The number of rotatable bonds is 5. The molecule has 10 heteroatoms. The Balaban J connectivity index is 1.96. The summed E-state index contributed by atoms with van der Waals surface area (Å²) in [5.74, 6) is 0.340. The molecule has 0 fully saturated rings. The minimum atomic E-state index is -0.475. The molecule has 3 heterocycles. The van der Waals surface area contributed by atoms with Crippen molar-refractivity contribution >= 4 is 62.3 Å². The number of hydrogen-bond acceptors (Lipinski definition) is 6. The van der Waals surface area contributed by atoms with Crippen molar-refractivity contribution in [3.8, 4) is 22.5 Å². The van der Waals surface area contributed by atoms with Crippen LogP contribution in [0.1, 0.15) is 23.3 Å². The first-order chi connectivity index (χ1) is 13.5. The average molecular weight is 457 g/mol. The molecule has 0 saturated carbocycles. The van der Waals surface area contributed by atoms with Gasteiger partial charge < -0.3 is 14.2 Å². The van der Waals surface area contributed by atoms with E-state index in [1.54, 1.807) is 25.1 Å². The smallest absolute Gasteiger partial charge is 0.355 e. The Labute approximate surface area is 178 Å². The van der Waals surface area contributed by atoms with Gasteiger partial charge in [-0.15, -0.1) is 22.9 Å². The zero-order chi connectivity index (χ0) is 19.8. The van der Waals surface area contributed by atoms with E-state index in [2.05, 4.69) is 15.1 Å². The lowest BCUT2D eigenvalue weighted by Crippen LogP contribution is -2.06. The predicted octanol–water partition coefficient (Wildman–Crippen LogP) is 6.17. The third kappa shape index (κ3) is 3.39. The summed E-state index contributed by atoms with van der Waals surface area (Å²) in [5.41, 5.74) is 3.07. The highest BCUT2D eigenvalue weighted by atomic mass is 35.5. The fourth-order valence-electron chi connectivity index (χ4n) is 2.88. The Kier molecular flexibility index (Phi) is 5.33. The number of aromatic amines is 1. The van der Waals surface area contributed by atoms with Crippen molar-refractivity contribution in [2.75, 3.05) is 6.61 Å². The number of alkyl halides is 1. The molecule has 28 heavy (non-hydrogen) atoms. The molecule has 1 N–H and O–H groups in total. The number of hydrogen-bond donors (Lipinski definition) is 1. The van der Waals surface area contributed by atoms with Gasteiger partial charge in [-0.3, -0.25) is 0 Å². The maximum Gasteiger partial charge on any atom is 0.355 e. The van der Waals surface area contributed by atoms with Gasteiger partial charge in [0.15, 0.2) is 0 Å². The van der Waals surface area contributed by atoms with E-state index in [1.165, 1.54) is 11.3 Å². The number of benzene rings is 1. The second-order valence-corrected chi connectivity index (χ2v) is 7.77. The molecule has 0 spiro atoms. The molecule has 144 valence electrons. The van der Waals surface area contributed by atoms with Gasteiger partial charge in [0.2, 0.25) is 11.7 Å². The predicted molar refractivity (Wildman–Crippen MR) is 110 cm³/mol. The number of carbonyl (C=O) groups excluding carboxylic acids is 1. The van der Waals surface area contributed by atoms with Gasteiger partial charge in [-0.25, -0.2) is 4.79 Å². The van der Waals surface area contributed by atoms with Gasteiger partial charge in [-0.1, -0.05) is 28.4 Å². The molecule has 0 atom stereocenters. The van der Waals surface area contributed by atoms with Crippen LogP contribution < -0.4 is 0 Å². The molecule has 1 aromatic carbocycles. The summed E-state index contributed by atoms with van der Waals surface area (Å²) in [4.78, 5) is 20.0. The molecule has 0 aliphatic rings. The fraction of sp³-hybridized carbons (Fsp3) is 0.167. The van der Waals surface area contributed by atoms with Crippen LogP contribution in [-0.2, 0) is 10.6 Å². The SMILES string of the molecule is CCOC(=O)c1[nH]c2c(-c3noc(CCl)n3)csc2c1-c1cc(Cl)cc(Cl)c1. The standard InChI is InChI=1S/C18H12Cl3N3O3S/c1-2-26-18(25)15-13(8-3-9(20)5-10(21)4-8)16-14(23-15)11(7-28-16)17-22-12(6-19)27-24-17/h3-5,7,23H,2,6H2,1H3. The average Bonchev–Trinajstić information content (AvgIpc) is 3.35. The third-order valence-electron chi connectivity index (χ3n) is 3.97. The number of halogens is 3. The quantitative estimate of drug-likeness (QED) is 0.287. The monoisotopic (exact) mass is 455 g/mol. The molecule has 0 aliphatic heterocycles. The highest BCUT2D eigenvalue weighted by Gasteiger charge is 2.25. The lowest BCUT2D eigenvalue weighted by Gasteiger charge is -2.06. The van der Waals surface area contributed by atoms with Crippen LogP contribution in [-0.4, -0.2) is 27.7 Å². The van der Waals surface area contributed by atoms with E-state index in [0.717, 1.165) is 4.70 Å². The molecular weight excluding hydrogens is 445 g/mol. The molecule has 4 rings (SSSR count). The Morgan fingerprint density at radius 2 is 2.04 bits per heavy atom. The molecule has 0 aliphatic carbocycles. The molecule has 6 nitrogen and oxygen atoms in total. The summed E-state index contributed by atoms with van der Waals surface area (Å²) in [7, 11) is 0. The van der Waals surface area contributed by atoms with E-state index in [-0.39, 0.29) is 12.5 Å². The Hall–Kier alpha value is -2.06.